The van der Waals surface area contributed by atoms with Gasteiger partial charge in [-0.3, -0.25) is 9.69 Å². The standard InChI is InChI=1S/C15H24N2O4/c1-16-10-13(20-3)9-14(16)15(18)17(6-8-19-2)11-12-5-4-7-21-12/h4-5,7,13-14H,6,8-11H2,1-3H3/t13-,14-/m0/s1. The highest BCUT2D eigenvalue weighted by Crippen LogP contribution is 2.21. The minimum atomic E-state index is -0.137. The second kappa shape index (κ2) is 7.59. The zero-order valence-corrected chi connectivity index (χ0v) is 12.9. The molecule has 0 saturated carbocycles. The molecule has 1 amide bonds. The Morgan fingerprint density at radius 2 is 2.33 bits per heavy atom. The lowest BCUT2D eigenvalue weighted by Gasteiger charge is -2.27. The van der Waals surface area contributed by atoms with E-state index >= 15 is 0 Å². The van der Waals surface area contributed by atoms with Gasteiger partial charge >= 0.3 is 0 Å². The van der Waals surface area contributed by atoms with Crippen molar-refractivity contribution in [3.63, 3.8) is 0 Å². The number of hydrogen-bond acceptors (Lipinski definition) is 5. The van der Waals surface area contributed by atoms with Crippen molar-refractivity contribution in [1.29, 1.82) is 0 Å². The molecule has 0 N–H and O–H groups in total. The molecule has 1 aromatic heterocycles. The topological polar surface area (TPSA) is 55.1 Å². The molecule has 6 heteroatoms. The molecule has 6 nitrogen and oxygen atoms in total. The molecule has 21 heavy (non-hydrogen) atoms. The Kier molecular flexibility index (Phi) is 5.78. The lowest BCUT2D eigenvalue weighted by atomic mass is 10.1. The van der Waals surface area contributed by atoms with Gasteiger partial charge in [-0.1, -0.05) is 0 Å². The second-order valence-corrected chi connectivity index (χ2v) is 5.38. The first kappa shape index (κ1) is 16.0. The third-order valence-corrected chi connectivity index (χ3v) is 3.93. The van der Waals surface area contributed by atoms with Gasteiger partial charge in [-0.2, -0.15) is 0 Å². The summed E-state index contributed by atoms with van der Waals surface area (Å²) in [7, 11) is 5.29. The average molecular weight is 296 g/mol. The number of ether oxygens (including phenoxy) is 2. The molecule has 0 radical (unpaired) electrons. The normalized spacial score (nSPS) is 22.6. The Labute approximate surface area is 125 Å². The summed E-state index contributed by atoms with van der Waals surface area (Å²) < 4.78 is 15.8. The molecule has 0 aromatic carbocycles. The molecule has 1 aliphatic rings. The van der Waals surface area contributed by atoms with E-state index in [1.165, 1.54) is 0 Å². The van der Waals surface area contributed by atoms with Crippen molar-refractivity contribution in [1.82, 2.24) is 9.80 Å². The molecule has 1 fully saturated rings. The van der Waals surface area contributed by atoms with Crippen LogP contribution in [0.1, 0.15) is 12.2 Å². The van der Waals surface area contributed by atoms with Crippen LogP contribution in [0, 0.1) is 0 Å². The summed E-state index contributed by atoms with van der Waals surface area (Å²) in [6, 6.07) is 3.57. The van der Waals surface area contributed by atoms with Crippen molar-refractivity contribution in [2.45, 2.75) is 25.1 Å². The van der Waals surface area contributed by atoms with Crippen LogP contribution >= 0.6 is 0 Å². The van der Waals surface area contributed by atoms with Gasteiger partial charge in [0.2, 0.25) is 5.91 Å². The number of hydrogen-bond donors (Lipinski definition) is 0. The first-order valence-corrected chi connectivity index (χ1v) is 7.18. The number of carbonyl (C=O) groups is 1. The molecule has 1 aromatic rings. The SMILES string of the molecule is COCCN(Cc1ccco1)C(=O)[C@@H]1C[C@H](OC)CN1C. The van der Waals surface area contributed by atoms with Gasteiger partial charge in [-0.05, 0) is 25.6 Å². The molecule has 2 atom stereocenters. The van der Waals surface area contributed by atoms with E-state index < -0.39 is 0 Å². The van der Waals surface area contributed by atoms with E-state index in [1.807, 2.05) is 19.2 Å². The highest BCUT2D eigenvalue weighted by molar-refractivity contribution is 5.82. The predicted octanol–water partition coefficient (Wildman–Crippen LogP) is 0.974. The average Bonchev–Trinajstić information content (AvgIpc) is 3.11. The fourth-order valence-corrected chi connectivity index (χ4v) is 2.68. The number of carbonyl (C=O) groups excluding carboxylic acids is 1. The lowest BCUT2D eigenvalue weighted by molar-refractivity contribution is -0.137. The Morgan fingerprint density at radius 3 is 2.90 bits per heavy atom. The van der Waals surface area contributed by atoms with Gasteiger partial charge in [0, 0.05) is 27.3 Å². The zero-order chi connectivity index (χ0) is 15.2. The van der Waals surface area contributed by atoms with Crippen LogP contribution < -0.4 is 0 Å². The molecule has 2 rings (SSSR count). The van der Waals surface area contributed by atoms with E-state index in [0.717, 1.165) is 18.7 Å². The van der Waals surface area contributed by atoms with Crippen LogP contribution in [0.2, 0.25) is 0 Å². The van der Waals surface area contributed by atoms with E-state index in [4.69, 9.17) is 13.9 Å². The van der Waals surface area contributed by atoms with Crippen molar-refractivity contribution in [3.05, 3.63) is 24.2 Å². The highest BCUT2D eigenvalue weighted by Gasteiger charge is 2.36. The fraction of sp³-hybridized carbons (Fsp3) is 0.667. The van der Waals surface area contributed by atoms with Gasteiger partial charge in [0.15, 0.2) is 0 Å². The van der Waals surface area contributed by atoms with E-state index in [-0.39, 0.29) is 18.1 Å². The van der Waals surface area contributed by atoms with Gasteiger partial charge in [0.05, 0.1) is 31.6 Å². The molecular formula is C15H24N2O4. The van der Waals surface area contributed by atoms with E-state index in [2.05, 4.69) is 4.90 Å². The molecule has 0 bridgehead atoms. The van der Waals surface area contributed by atoms with Gasteiger partial charge < -0.3 is 18.8 Å². The number of likely N-dealkylation sites (N-methyl/N-ethyl adjacent to an activating group) is 1. The quantitative estimate of drug-likeness (QED) is 0.750. The smallest absolute Gasteiger partial charge is 0.240 e. The van der Waals surface area contributed by atoms with E-state index in [0.29, 0.717) is 19.7 Å². The number of nitrogens with zero attached hydrogens (tertiary/aromatic N) is 2. The van der Waals surface area contributed by atoms with Crippen LogP contribution in [-0.2, 0) is 20.8 Å². The maximum atomic E-state index is 12.8. The van der Waals surface area contributed by atoms with Crippen molar-refractivity contribution in [2.75, 3.05) is 41.0 Å². The number of furan rings is 1. The van der Waals surface area contributed by atoms with Crippen molar-refractivity contribution in [3.8, 4) is 0 Å². The molecule has 118 valence electrons. The van der Waals surface area contributed by atoms with E-state index in [9.17, 15) is 4.79 Å². The Bertz CT molecular complexity index is 435. The lowest BCUT2D eigenvalue weighted by Crippen LogP contribution is -2.45. The minimum Gasteiger partial charge on any atom is -0.467 e. The van der Waals surface area contributed by atoms with Crippen LogP contribution in [0.3, 0.4) is 0 Å². The Hall–Kier alpha value is -1.37. The third-order valence-electron chi connectivity index (χ3n) is 3.93. The zero-order valence-electron chi connectivity index (χ0n) is 12.9. The minimum absolute atomic E-state index is 0.102. The van der Waals surface area contributed by atoms with Crippen molar-refractivity contribution >= 4 is 5.91 Å². The van der Waals surface area contributed by atoms with Crippen LogP contribution in [0.25, 0.3) is 0 Å². The van der Waals surface area contributed by atoms with Crippen molar-refractivity contribution < 1.29 is 18.7 Å². The third kappa shape index (κ3) is 4.06. The van der Waals surface area contributed by atoms with Crippen LogP contribution in [-0.4, -0.2) is 68.8 Å². The molecule has 1 aliphatic heterocycles. The Morgan fingerprint density at radius 1 is 1.52 bits per heavy atom. The molecule has 1 saturated heterocycles. The molecule has 0 unspecified atom stereocenters. The number of likely N-dealkylation sites (tertiary alicyclic amines) is 1. The van der Waals surface area contributed by atoms with Gasteiger partial charge in [0.25, 0.3) is 0 Å². The van der Waals surface area contributed by atoms with Crippen LogP contribution in [0.4, 0.5) is 0 Å². The maximum Gasteiger partial charge on any atom is 0.240 e. The number of methoxy groups -OCH3 is 2. The first-order valence-electron chi connectivity index (χ1n) is 7.18. The summed E-state index contributed by atoms with van der Waals surface area (Å²) >= 11 is 0. The van der Waals surface area contributed by atoms with Crippen LogP contribution in [0.5, 0.6) is 0 Å². The first-order chi connectivity index (χ1) is 10.2. The van der Waals surface area contributed by atoms with Gasteiger partial charge in [-0.15, -0.1) is 0 Å². The molecule has 0 aliphatic carbocycles. The number of rotatable bonds is 7. The molecule has 2 heterocycles. The van der Waals surface area contributed by atoms with E-state index in [1.54, 1.807) is 25.4 Å². The fourth-order valence-electron chi connectivity index (χ4n) is 2.68. The monoisotopic (exact) mass is 296 g/mol. The Balaban J connectivity index is 2.03. The summed E-state index contributed by atoms with van der Waals surface area (Å²) in [4.78, 5) is 16.6. The summed E-state index contributed by atoms with van der Waals surface area (Å²) in [5.41, 5.74) is 0. The van der Waals surface area contributed by atoms with Gasteiger partial charge in [-0.25, -0.2) is 0 Å². The summed E-state index contributed by atoms with van der Waals surface area (Å²) in [5, 5.41) is 0. The summed E-state index contributed by atoms with van der Waals surface area (Å²) in [5.74, 6) is 0.883. The summed E-state index contributed by atoms with van der Waals surface area (Å²) in [6.45, 7) is 2.32. The number of amides is 1. The second-order valence-electron chi connectivity index (χ2n) is 5.38. The maximum absolute atomic E-state index is 12.8. The highest BCUT2D eigenvalue weighted by atomic mass is 16.5. The predicted molar refractivity (Wildman–Crippen MR) is 77.8 cm³/mol. The largest absolute Gasteiger partial charge is 0.467 e. The van der Waals surface area contributed by atoms with Crippen LogP contribution in [0.15, 0.2) is 22.8 Å². The van der Waals surface area contributed by atoms with Gasteiger partial charge in [0.1, 0.15) is 5.76 Å². The van der Waals surface area contributed by atoms with Crippen molar-refractivity contribution in [2.24, 2.45) is 0 Å². The summed E-state index contributed by atoms with van der Waals surface area (Å²) in [6.07, 6.45) is 2.47. The molecular weight excluding hydrogens is 272 g/mol. The molecule has 0 spiro atoms.